The van der Waals surface area contributed by atoms with Gasteiger partial charge in [0.25, 0.3) is 5.72 Å². The molecule has 0 bridgehead atoms. The van der Waals surface area contributed by atoms with Crippen LogP contribution in [0.25, 0.3) is 0 Å². The lowest BCUT2D eigenvalue weighted by molar-refractivity contribution is -0.183. The number of hydrogen-bond acceptors (Lipinski definition) is 10. The molecule has 11 heteroatoms. The van der Waals surface area contributed by atoms with Crippen molar-refractivity contribution < 1.29 is 28.6 Å². The second-order valence-corrected chi connectivity index (χ2v) is 12.6. The maximum atomic E-state index is 13.8. The number of rotatable bonds is 17. The molecule has 8 nitrogen and oxygen atoms in total. The highest BCUT2D eigenvalue weighted by atomic mass is 33.1. The fourth-order valence-electron chi connectivity index (χ4n) is 4.45. The number of ether oxygens (including phenoxy) is 3. The molecule has 2 N–H and O–H groups in total. The molecule has 0 heterocycles. The first-order valence-corrected chi connectivity index (χ1v) is 17.1. The molecule has 1 aromatic rings. The Morgan fingerprint density at radius 1 is 1.11 bits per heavy atom. The standard InChI is InChI=1S/C27H42N2O6S3/c1-4-34-26(32)35-27(25(31)33-2,23-14-9-6-10-15-23)29-24(30)22(18-21-12-7-5-8-13-21)19-37-38-20-28-16-11-17-36-3/h5,7-8,12-13,22-23,28H,4,6,9-11,14-20H2,1-3H3,(H,29,30). The summed E-state index contributed by atoms with van der Waals surface area (Å²) in [5.74, 6) is 0.432. The lowest BCUT2D eigenvalue weighted by atomic mass is 9.80. The number of thioether (sulfide) groups is 1. The molecular weight excluding hydrogens is 545 g/mol. The van der Waals surface area contributed by atoms with Crippen LogP contribution >= 0.6 is 33.3 Å². The van der Waals surface area contributed by atoms with Gasteiger partial charge in [0.15, 0.2) is 0 Å². The van der Waals surface area contributed by atoms with E-state index in [-0.39, 0.29) is 12.5 Å². The van der Waals surface area contributed by atoms with Crippen molar-refractivity contribution in [2.75, 3.05) is 43.9 Å². The van der Waals surface area contributed by atoms with E-state index in [0.717, 1.165) is 49.4 Å². The maximum Gasteiger partial charge on any atom is 0.510 e. The quantitative estimate of drug-likeness (QED) is 0.109. The Balaban J connectivity index is 2.20. The van der Waals surface area contributed by atoms with Crippen LogP contribution < -0.4 is 10.6 Å². The topological polar surface area (TPSA) is 103 Å². The van der Waals surface area contributed by atoms with Crippen LogP contribution in [0.1, 0.15) is 51.0 Å². The average Bonchev–Trinajstić information content (AvgIpc) is 2.94. The second kappa shape index (κ2) is 18.7. The van der Waals surface area contributed by atoms with Crippen LogP contribution in [-0.4, -0.2) is 67.7 Å². The summed E-state index contributed by atoms with van der Waals surface area (Å²) in [6, 6.07) is 9.78. The average molecular weight is 587 g/mol. The third-order valence-electron chi connectivity index (χ3n) is 6.40. The predicted molar refractivity (Wildman–Crippen MR) is 157 cm³/mol. The number of amides is 1. The number of methoxy groups -OCH3 is 1. The van der Waals surface area contributed by atoms with Gasteiger partial charge in [-0.25, -0.2) is 9.59 Å². The normalized spacial score (nSPS) is 16.2. The molecule has 1 fully saturated rings. The Kier molecular flexibility index (Phi) is 16.0. The van der Waals surface area contributed by atoms with Crippen LogP contribution in [0.15, 0.2) is 30.3 Å². The van der Waals surface area contributed by atoms with Crippen molar-refractivity contribution in [3.8, 4) is 0 Å². The number of hydrogen-bond donors (Lipinski definition) is 2. The van der Waals surface area contributed by atoms with Gasteiger partial charge in [-0.05, 0) is 56.7 Å². The molecule has 2 unspecified atom stereocenters. The summed E-state index contributed by atoms with van der Waals surface area (Å²) in [7, 11) is 4.51. The van der Waals surface area contributed by atoms with Gasteiger partial charge in [-0.15, -0.1) is 0 Å². The molecule has 1 saturated carbocycles. The molecule has 0 aromatic heterocycles. The van der Waals surface area contributed by atoms with Gasteiger partial charge in [0, 0.05) is 11.7 Å². The SMILES string of the molecule is CCOC(=O)OC(NC(=O)C(CSSCNCCCSC)Cc1ccccc1)(C(=O)OC)C1CCCCC1. The van der Waals surface area contributed by atoms with Crippen LogP contribution in [0.5, 0.6) is 0 Å². The minimum absolute atomic E-state index is 0.0878. The Morgan fingerprint density at radius 2 is 1.84 bits per heavy atom. The third-order valence-corrected chi connectivity index (χ3v) is 9.38. The summed E-state index contributed by atoms with van der Waals surface area (Å²) in [5.41, 5.74) is -0.912. The Labute approximate surface area is 239 Å². The van der Waals surface area contributed by atoms with Crippen molar-refractivity contribution in [2.45, 2.75) is 57.6 Å². The lowest BCUT2D eigenvalue weighted by Crippen LogP contribution is -2.64. The molecule has 1 aliphatic carbocycles. The van der Waals surface area contributed by atoms with E-state index in [1.807, 2.05) is 42.1 Å². The molecule has 214 valence electrons. The van der Waals surface area contributed by atoms with E-state index in [4.69, 9.17) is 14.2 Å². The zero-order valence-electron chi connectivity index (χ0n) is 22.7. The smallest absolute Gasteiger partial charge is 0.465 e. The Hall–Kier alpha value is -1.56. The van der Waals surface area contributed by atoms with E-state index < -0.39 is 29.7 Å². The highest BCUT2D eigenvalue weighted by Crippen LogP contribution is 2.36. The molecule has 2 rings (SSSR count). The number of benzene rings is 1. The largest absolute Gasteiger partial charge is 0.510 e. The van der Waals surface area contributed by atoms with E-state index >= 15 is 0 Å². The van der Waals surface area contributed by atoms with Crippen molar-refractivity contribution >= 4 is 51.4 Å². The van der Waals surface area contributed by atoms with Gasteiger partial charge in [-0.2, -0.15) is 11.8 Å². The van der Waals surface area contributed by atoms with Crippen LogP contribution in [0.4, 0.5) is 4.79 Å². The fourth-order valence-corrected chi connectivity index (χ4v) is 7.00. The van der Waals surface area contributed by atoms with Gasteiger partial charge < -0.3 is 24.8 Å². The van der Waals surface area contributed by atoms with E-state index in [9.17, 15) is 14.4 Å². The van der Waals surface area contributed by atoms with Crippen molar-refractivity contribution in [1.82, 2.24) is 10.6 Å². The summed E-state index contributed by atoms with van der Waals surface area (Å²) in [6.45, 7) is 2.70. The zero-order chi connectivity index (χ0) is 27.6. The number of carbonyl (C=O) groups excluding carboxylic acids is 3. The molecule has 38 heavy (non-hydrogen) atoms. The molecule has 0 spiro atoms. The summed E-state index contributed by atoms with van der Waals surface area (Å²) in [5, 5.41) is 6.26. The molecule has 1 aliphatic rings. The molecule has 0 saturated heterocycles. The zero-order valence-corrected chi connectivity index (χ0v) is 25.2. The third kappa shape index (κ3) is 10.9. The van der Waals surface area contributed by atoms with Crippen LogP contribution in [0.3, 0.4) is 0 Å². The molecular formula is C27H42N2O6S3. The highest BCUT2D eigenvalue weighted by Gasteiger charge is 2.53. The monoisotopic (exact) mass is 586 g/mol. The van der Waals surface area contributed by atoms with E-state index in [1.54, 1.807) is 28.5 Å². The second-order valence-electron chi connectivity index (χ2n) is 9.12. The number of nitrogens with one attached hydrogen (secondary N) is 2. The first-order chi connectivity index (χ1) is 18.5. The van der Waals surface area contributed by atoms with Crippen molar-refractivity contribution in [3.63, 3.8) is 0 Å². The first-order valence-electron chi connectivity index (χ1n) is 13.2. The van der Waals surface area contributed by atoms with Crippen molar-refractivity contribution in [1.29, 1.82) is 0 Å². The van der Waals surface area contributed by atoms with Gasteiger partial charge in [-0.3, -0.25) is 4.79 Å². The first kappa shape index (κ1) is 32.7. The molecule has 2 atom stereocenters. The van der Waals surface area contributed by atoms with Gasteiger partial charge >= 0.3 is 12.1 Å². The Morgan fingerprint density at radius 3 is 2.50 bits per heavy atom. The maximum absolute atomic E-state index is 13.8. The fraction of sp³-hybridized carbons (Fsp3) is 0.667. The molecule has 0 radical (unpaired) electrons. The van der Waals surface area contributed by atoms with Crippen LogP contribution in [0, 0.1) is 11.8 Å². The molecule has 1 aromatic carbocycles. The van der Waals surface area contributed by atoms with E-state index in [1.165, 1.54) is 7.11 Å². The summed E-state index contributed by atoms with van der Waals surface area (Å²) in [4.78, 5) is 39.5. The Bertz CT molecular complexity index is 841. The minimum atomic E-state index is -1.93. The van der Waals surface area contributed by atoms with Gasteiger partial charge in [0.1, 0.15) is 0 Å². The van der Waals surface area contributed by atoms with Crippen molar-refractivity contribution in [2.24, 2.45) is 11.8 Å². The van der Waals surface area contributed by atoms with Gasteiger partial charge in [0.05, 0.1) is 25.5 Å². The van der Waals surface area contributed by atoms with Gasteiger partial charge in [-0.1, -0.05) is 71.2 Å². The predicted octanol–water partition coefficient (Wildman–Crippen LogP) is 5.27. The van der Waals surface area contributed by atoms with Crippen LogP contribution in [-0.2, 0) is 30.2 Å². The van der Waals surface area contributed by atoms with Crippen LogP contribution in [0.2, 0.25) is 0 Å². The van der Waals surface area contributed by atoms with Gasteiger partial charge in [0.2, 0.25) is 5.91 Å². The highest BCUT2D eigenvalue weighted by molar-refractivity contribution is 8.76. The molecule has 1 amide bonds. The number of carbonyl (C=O) groups is 3. The minimum Gasteiger partial charge on any atom is -0.465 e. The van der Waals surface area contributed by atoms with E-state index in [0.29, 0.717) is 25.0 Å². The molecule has 0 aliphatic heterocycles. The number of esters is 1. The van der Waals surface area contributed by atoms with Crippen molar-refractivity contribution in [3.05, 3.63) is 35.9 Å². The lowest BCUT2D eigenvalue weighted by Gasteiger charge is -2.39. The van der Waals surface area contributed by atoms with E-state index in [2.05, 4.69) is 16.9 Å². The summed E-state index contributed by atoms with van der Waals surface area (Å²) < 4.78 is 15.7. The summed E-state index contributed by atoms with van der Waals surface area (Å²) >= 11 is 1.83. The summed E-state index contributed by atoms with van der Waals surface area (Å²) in [6.07, 6.45) is 6.73.